The lowest BCUT2D eigenvalue weighted by Gasteiger charge is -2.08. The van der Waals surface area contributed by atoms with Crippen LogP contribution in [-0.4, -0.2) is 46.4 Å². The highest BCUT2D eigenvalue weighted by atomic mass is 19.1. The molecule has 2 N–H and O–H groups in total. The van der Waals surface area contributed by atoms with Crippen LogP contribution < -0.4 is 10.6 Å². The number of benzene rings is 1. The third-order valence-electron chi connectivity index (χ3n) is 5.11. The summed E-state index contributed by atoms with van der Waals surface area (Å²) >= 11 is 0. The van der Waals surface area contributed by atoms with Crippen molar-refractivity contribution in [2.24, 2.45) is 0 Å². The van der Waals surface area contributed by atoms with E-state index in [0.29, 0.717) is 19.1 Å². The molecular formula is C24H27FN6O. The minimum atomic E-state index is -0.287. The minimum Gasteiger partial charge on any atom is -0.383 e. The first-order chi connectivity index (χ1) is 15.7. The zero-order valence-corrected chi connectivity index (χ0v) is 18.3. The minimum absolute atomic E-state index is 0.287. The van der Waals surface area contributed by atoms with Gasteiger partial charge in [0.15, 0.2) is 0 Å². The zero-order chi connectivity index (χ0) is 22.3. The maximum absolute atomic E-state index is 13.6. The zero-order valence-electron chi connectivity index (χ0n) is 18.3. The van der Waals surface area contributed by atoms with Gasteiger partial charge in [-0.15, -0.1) is 0 Å². The Kier molecular flexibility index (Phi) is 6.91. The van der Waals surface area contributed by atoms with Crippen molar-refractivity contribution in [2.75, 3.05) is 37.4 Å². The molecule has 0 atom stereocenters. The molecule has 4 rings (SSSR count). The first-order valence-corrected chi connectivity index (χ1v) is 10.8. The molecular weight excluding hydrogens is 407 g/mol. The number of fused-ring (bicyclic) bond motifs is 1. The van der Waals surface area contributed by atoms with E-state index in [4.69, 9.17) is 14.8 Å². The van der Waals surface area contributed by atoms with Crippen LogP contribution in [0, 0.1) is 5.82 Å². The van der Waals surface area contributed by atoms with Crippen LogP contribution in [0.5, 0.6) is 0 Å². The van der Waals surface area contributed by atoms with Gasteiger partial charge >= 0.3 is 0 Å². The van der Waals surface area contributed by atoms with Gasteiger partial charge in [-0.05, 0) is 48.9 Å². The molecule has 0 fully saturated rings. The van der Waals surface area contributed by atoms with E-state index in [1.807, 2.05) is 28.8 Å². The van der Waals surface area contributed by atoms with E-state index in [1.54, 1.807) is 25.4 Å². The van der Waals surface area contributed by atoms with Crippen LogP contribution in [0.2, 0.25) is 0 Å². The second-order valence-corrected chi connectivity index (χ2v) is 7.40. The van der Waals surface area contributed by atoms with E-state index in [9.17, 15) is 4.39 Å². The number of pyridine rings is 1. The standard InChI is InChI=1S/C24H27FN6O/c1-3-4-13-27-24-28-14-12-19(29-24)22-20-6-5-7-21(26-15-16-32-2)31(20)30-23(22)17-8-10-18(25)11-9-17/h5-12,14,26H,3-4,13,15-16H2,1-2H3,(H,27,28,29). The number of anilines is 2. The van der Waals surface area contributed by atoms with Crippen molar-refractivity contribution in [3.8, 4) is 22.5 Å². The lowest BCUT2D eigenvalue weighted by atomic mass is 10.0. The molecule has 32 heavy (non-hydrogen) atoms. The van der Waals surface area contributed by atoms with Gasteiger partial charge in [-0.2, -0.15) is 5.10 Å². The maximum Gasteiger partial charge on any atom is 0.223 e. The number of rotatable bonds is 10. The fourth-order valence-corrected chi connectivity index (χ4v) is 3.51. The second kappa shape index (κ2) is 10.2. The summed E-state index contributed by atoms with van der Waals surface area (Å²) < 4.78 is 20.6. The Bertz CT molecular complexity index is 1180. The Balaban J connectivity index is 1.84. The molecule has 3 heterocycles. The molecule has 0 radical (unpaired) electrons. The molecule has 0 spiro atoms. The predicted octanol–water partition coefficient (Wildman–Crippen LogP) is 4.87. The number of halogens is 1. The van der Waals surface area contributed by atoms with Crippen LogP contribution in [0.4, 0.5) is 16.2 Å². The summed E-state index contributed by atoms with van der Waals surface area (Å²) in [6.45, 7) is 4.18. The summed E-state index contributed by atoms with van der Waals surface area (Å²) in [5, 5.41) is 11.5. The number of unbranched alkanes of at least 4 members (excludes halogenated alkanes) is 1. The molecule has 166 valence electrons. The lowest BCUT2D eigenvalue weighted by Crippen LogP contribution is -2.10. The Morgan fingerprint density at radius 3 is 2.66 bits per heavy atom. The molecule has 0 aliphatic carbocycles. The summed E-state index contributed by atoms with van der Waals surface area (Å²) in [4.78, 5) is 9.11. The van der Waals surface area contributed by atoms with E-state index >= 15 is 0 Å². The summed E-state index contributed by atoms with van der Waals surface area (Å²) in [6.07, 6.45) is 3.88. The van der Waals surface area contributed by atoms with Crippen molar-refractivity contribution < 1.29 is 9.13 Å². The van der Waals surface area contributed by atoms with E-state index in [0.717, 1.165) is 53.2 Å². The van der Waals surface area contributed by atoms with Crippen LogP contribution >= 0.6 is 0 Å². The highest BCUT2D eigenvalue weighted by Gasteiger charge is 2.19. The van der Waals surface area contributed by atoms with Gasteiger partial charge in [0.1, 0.15) is 17.3 Å². The van der Waals surface area contributed by atoms with E-state index in [1.165, 1.54) is 12.1 Å². The topological polar surface area (TPSA) is 76.4 Å². The van der Waals surface area contributed by atoms with Gasteiger partial charge < -0.3 is 15.4 Å². The normalized spacial score (nSPS) is 11.1. The van der Waals surface area contributed by atoms with Gasteiger partial charge in [-0.25, -0.2) is 18.9 Å². The number of ether oxygens (including phenoxy) is 1. The molecule has 0 saturated carbocycles. The van der Waals surface area contributed by atoms with Gasteiger partial charge in [-0.3, -0.25) is 0 Å². The lowest BCUT2D eigenvalue weighted by molar-refractivity contribution is 0.210. The quantitative estimate of drug-likeness (QED) is 0.347. The predicted molar refractivity (Wildman–Crippen MR) is 125 cm³/mol. The number of nitrogens with zero attached hydrogens (tertiary/aromatic N) is 4. The molecule has 0 saturated heterocycles. The van der Waals surface area contributed by atoms with E-state index in [2.05, 4.69) is 22.5 Å². The van der Waals surface area contributed by atoms with Crippen molar-refractivity contribution in [3.05, 3.63) is 60.5 Å². The third-order valence-corrected chi connectivity index (χ3v) is 5.11. The molecule has 0 amide bonds. The van der Waals surface area contributed by atoms with Crippen molar-refractivity contribution in [2.45, 2.75) is 19.8 Å². The first kappa shape index (κ1) is 21.7. The SMILES string of the molecule is CCCCNc1nccc(-c2c(-c3ccc(F)cc3)nn3c(NCCOC)cccc23)n1. The smallest absolute Gasteiger partial charge is 0.223 e. The van der Waals surface area contributed by atoms with Gasteiger partial charge in [0.25, 0.3) is 0 Å². The van der Waals surface area contributed by atoms with E-state index in [-0.39, 0.29) is 5.82 Å². The average molecular weight is 435 g/mol. The maximum atomic E-state index is 13.6. The van der Waals surface area contributed by atoms with Gasteiger partial charge in [0, 0.05) is 32.0 Å². The van der Waals surface area contributed by atoms with E-state index < -0.39 is 0 Å². The van der Waals surface area contributed by atoms with Crippen molar-refractivity contribution in [1.29, 1.82) is 0 Å². The molecule has 7 nitrogen and oxygen atoms in total. The summed E-state index contributed by atoms with van der Waals surface area (Å²) in [5.74, 6) is 1.13. The first-order valence-electron chi connectivity index (χ1n) is 10.8. The summed E-state index contributed by atoms with van der Waals surface area (Å²) in [5.41, 5.74) is 4.05. The number of hydrogen-bond donors (Lipinski definition) is 2. The van der Waals surface area contributed by atoms with Crippen molar-refractivity contribution >= 4 is 17.3 Å². The molecule has 1 aromatic carbocycles. The molecule has 8 heteroatoms. The van der Waals surface area contributed by atoms with Crippen LogP contribution in [-0.2, 0) is 4.74 Å². The molecule has 0 bridgehead atoms. The highest BCUT2D eigenvalue weighted by Crippen LogP contribution is 2.35. The fourth-order valence-electron chi connectivity index (χ4n) is 3.51. The number of nitrogens with one attached hydrogen (secondary N) is 2. The number of methoxy groups -OCH3 is 1. The molecule has 0 aliphatic heterocycles. The van der Waals surface area contributed by atoms with Crippen LogP contribution in [0.3, 0.4) is 0 Å². The average Bonchev–Trinajstić information content (AvgIpc) is 3.20. The Morgan fingerprint density at radius 1 is 1.03 bits per heavy atom. The van der Waals surface area contributed by atoms with Crippen LogP contribution in [0.1, 0.15) is 19.8 Å². The number of hydrogen-bond acceptors (Lipinski definition) is 6. The largest absolute Gasteiger partial charge is 0.383 e. The molecule has 0 aliphatic rings. The molecule has 0 unspecified atom stereocenters. The summed E-state index contributed by atoms with van der Waals surface area (Å²) in [6, 6.07) is 14.2. The molecule has 3 aromatic heterocycles. The van der Waals surface area contributed by atoms with Crippen molar-refractivity contribution in [1.82, 2.24) is 19.6 Å². The third kappa shape index (κ3) is 4.70. The van der Waals surface area contributed by atoms with Gasteiger partial charge in [-0.1, -0.05) is 19.4 Å². The van der Waals surface area contributed by atoms with Gasteiger partial charge in [0.2, 0.25) is 5.95 Å². The van der Waals surface area contributed by atoms with Crippen molar-refractivity contribution in [3.63, 3.8) is 0 Å². The fraction of sp³-hybridized carbons (Fsp3) is 0.292. The monoisotopic (exact) mass is 434 g/mol. The van der Waals surface area contributed by atoms with Crippen LogP contribution in [0.25, 0.3) is 28.0 Å². The molecule has 4 aromatic rings. The Labute approximate surface area is 186 Å². The van der Waals surface area contributed by atoms with Gasteiger partial charge in [0.05, 0.1) is 23.4 Å². The Morgan fingerprint density at radius 2 is 1.88 bits per heavy atom. The Hall–Kier alpha value is -3.52. The van der Waals surface area contributed by atoms with Crippen LogP contribution in [0.15, 0.2) is 54.7 Å². The highest BCUT2D eigenvalue weighted by molar-refractivity contribution is 5.91. The second-order valence-electron chi connectivity index (χ2n) is 7.40. The summed E-state index contributed by atoms with van der Waals surface area (Å²) in [7, 11) is 1.67. The number of aromatic nitrogens is 4.